The van der Waals surface area contributed by atoms with Crippen LogP contribution < -0.4 is 10.6 Å². The quantitative estimate of drug-likeness (QED) is 0.670. The maximum absolute atomic E-state index is 11.7. The minimum absolute atomic E-state index is 0.0715. The lowest BCUT2D eigenvalue weighted by Crippen LogP contribution is -2.61. The average Bonchev–Trinajstić information content (AvgIpc) is 2.24. The van der Waals surface area contributed by atoms with Crippen LogP contribution in [-0.4, -0.2) is 68.4 Å². The monoisotopic (exact) mass is 287 g/mol. The number of hydrogen-bond donors (Lipinski definition) is 2. The standard InChI is InChI=1S/C13H25N3O4/c1-13(2,3)20-12(18)16-8-10(9-16)15-7-11(17)14-5-6-19-4/h10,15H,5-9H2,1-4H3,(H,14,17). The molecule has 7 heteroatoms. The van der Waals surface area contributed by atoms with Crippen LogP contribution >= 0.6 is 0 Å². The molecule has 0 atom stereocenters. The Bertz CT molecular complexity index is 335. The number of rotatable bonds is 6. The highest BCUT2D eigenvalue weighted by atomic mass is 16.6. The largest absolute Gasteiger partial charge is 0.444 e. The third kappa shape index (κ3) is 6.21. The Morgan fingerprint density at radius 2 is 1.95 bits per heavy atom. The molecule has 0 radical (unpaired) electrons. The smallest absolute Gasteiger partial charge is 0.410 e. The normalized spacial score (nSPS) is 15.7. The van der Waals surface area contributed by atoms with Crippen molar-refractivity contribution in [3.05, 3.63) is 0 Å². The number of methoxy groups -OCH3 is 1. The third-order valence-corrected chi connectivity index (χ3v) is 2.71. The molecular formula is C13H25N3O4. The summed E-state index contributed by atoms with van der Waals surface area (Å²) in [7, 11) is 1.59. The van der Waals surface area contributed by atoms with Crippen molar-refractivity contribution in [1.29, 1.82) is 0 Å². The molecule has 1 aliphatic rings. The Hall–Kier alpha value is -1.34. The lowest BCUT2D eigenvalue weighted by molar-refractivity contribution is -0.120. The van der Waals surface area contributed by atoms with E-state index in [0.717, 1.165) is 0 Å². The van der Waals surface area contributed by atoms with Gasteiger partial charge in [0.1, 0.15) is 5.60 Å². The van der Waals surface area contributed by atoms with E-state index < -0.39 is 5.60 Å². The molecule has 20 heavy (non-hydrogen) atoms. The molecule has 116 valence electrons. The predicted molar refractivity (Wildman–Crippen MR) is 74.5 cm³/mol. The number of carbonyl (C=O) groups is 2. The molecule has 0 bridgehead atoms. The number of ether oxygens (including phenoxy) is 2. The highest BCUT2D eigenvalue weighted by molar-refractivity contribution is 5.78. The predicted octanol–water partition coefficient (Wildman–Crippen LogP) is -0.0421. The van der Waals surface area contributed by atoms with Gasteiger partial charge in [0.25, 0.3) is 0 Å². The van der Waals surface area contributed by atoms with E-state index in [1.54, 1.807) is 12.0 Å². The molecule has 0 aromatic heterocycles. The van der Waals surface area contributed by atoms with Gasteiger partial charge in [0.05, 0.1) is 13.2 Å². The minimum Gasteiger partial charge on any atom is -0.444 e. The van der Waals surface area contributed by atoms with Gasteiger partial charge in [-0.3, -0.25) is 4.79 Å². The summed E-state index contributed by atoms with van der Waals surface area (Å²) in [4.78, 5) is 24.7. The molecule has 1 fully saturated rings. The van der Waals surface area contributed by atoms with Gasteiger partial charge in [0.2, 0.25) is 5.91 Å². The van der Waals surface area contributed by atoms with Gasteiger partial charge in [-0.05, 0) is 20.8 Å². The van der Waals surface area contributed by atoms with Crippen LogP contribution in [0.4, 0.5) is 4.79 Å². The van der Waals surface area contributed by atoms with Crippen molar-refractivity contribution in [3.8, 4) is 0 Å². The van der Waals surface area contributed by atoms with Crippen molar-refractivity contribution >= 4 is 12.0 Å². The van der Waals surface area contributed by atoms with Crippen LogP contribution in [0.3, 0.4) is 0 Å². The Morgan fingerprint density at radius 3 is 2.50 bits per heavy atom. The molecule has 1 rings (SSSR count). The number of nitrogens with one attached hydrogen (secondary N) is 2. The summed E-state index contributed by atoms with van der Waals surface area (Å²) in [6, 6.07) is 0.149. The first kappa shape index (κ1) is 16.7. The number of likely N-dealkylation sites (tertiary alicyclic amines) is 1. The molecule has 0 unspecified atom stereocenters. The van der Waals surface area contributed by atoms with E-state index in [1.165, 1.54) is 0 Å². The maximum Gasteiger partial charge on any atom is 0.410 e. The van der Waals surface area contributed by atoms with E-state index >= 15 is 0 Å². The summed E-state index contributed by atoms with van der Waals surface area (Å²) in [5, 5.41) is 5.81. The molecule has 0 spiro atoms. The Labute approximate surface area is 120 Å². The summed E-state index contributed by atoms with van der Waals surface area (Å²) >= 11 is 0. The van der Waals surface area contributed by atoms with Gasteiger partial charge < -0.3 is 25.0 Å². The van der Waals surface area contributed by atoms with Crippen molar-refractivity contribution in [2.45, 2.75) is 32.4 Å². The zero-order chi connectivity index (χ0) is 15.2. The molecule has 0 saturated carbocycles. The van der Waals surface area contributed by atoms with Crippen LogP contribution in [0.25, 0.3) is 0 Å². The van der Waals surface area contributed by atoms with Gasteiger partial charge in [-0.2, -0.15) is 0 Å². The lowest BCUT2D eigenvalue weighted by Gasteiger charge is -2.40. The van der Waals surface area contributed by atoms with Crippen LogP contribution in [-0.2, 0) is 14.3 Å². The van der Waals surface area contributed by atoms with Gasteiger partial charge in [0, 0.05) is 32.8 Å². The molecule has 7 nitrogen and oxygen atoms in total. The van der Waals surface area contributed by atoms with Crippen LogP contribution in [0.5, 0.6) is 0 Å². The second-order valence-corrected chi connectivity index (χ2v) is 5.81. The number of carbonyl (C=O) groups excluding carboxylic acids is 2. The fourth-order valence-electron chi connectivity index (χ4n) is 1.68. The highest BCUT2D eigenvalue weighted by Crippen LogP contribution is 2.14. The summed E-state index contributed by atoms with van der Waals surface area (Å²) in [6.07, 6.45) is -0.305. The SMILES string of the molecule is COCCNC(=O)CNC1CN(C(=O)OC(C)(C)C)C1. The molecule has 1 aliphatic heterocycles. The van der Waals surface area contributed by atoms with Crippen LogP contribution in [0.1, 0.15) is 20.8 Å². The first-order chi connectivity index (χ1) is 9.31. The topological polar surface area (TPSA) is 79.9 Å². The van der Waals surface area contributed by atoms with E-state index in [2.05, 4.69) is 10.6 Å². The van der Waals surface area contributed by atoms with Gasteiger partial charge >= 0.3 is 6.09 Å². The van der Waals surface area contributed by atoms with Gasteiger partial charge in [0.15, 0.2) is 0 Å². The average molecular weight is 287 g/mol. The number of amides is 2. The Morgan fingerprint density at radius 1 is 1.30 bits per heavy atom. The molecule has 2 N–H and O–H groups in total. The lowest BCUT2D eigenvalue weighted by atomic mass is 10.1. The van der Waals surface area contributed by atoms with E-state index in [9.17, 15) is 9.59 Å². The molecule has 0 aromatic carbocycles. The zero-order valence-electron chi connectivity index (χ0n) is 12.7. The molecule has 2 amide bonds. The van der Waals surface area contributed by atoms with Gasteiger partial charge in [-0.1, -0.05) is 0 Å². The van der Waals surface area contributed by atoms with Crippen LogP contribution in [0.15, 0.2) is 0 Å². The summed E-state index contributed by atoms with van der Waals surface area (Å²) in [5.74, 6) is -0.0715. The summed E-state index contributed by atoms with van der Waals surface area (Å²) in [5.41, 5.74) is -0.475. The van der Waals surface area contributed by atoms with E-state index in [-0.39, 0.29) is 24.6 Å². The Kier molecular flexibility index (Phi) is 6.22. The molecule has 0 aromatic rings. The van der Waals surface area contributed by atoms with Gasteiger partial charge in [-0.15, -0.1) is 0 Å². The first-order valence-corrected chi connectivity index (χ1v) is 6.79. The zero-order valence-corrected chi connectivity index (χ0v) is 12.7. The van der Waals surface area contributed by atoms with Crippen molar-refractivity contribution in [3.63, 3.8) is 0 Å². The molecule has 1 saturated heterocycles. The van der Waals surface area contributed by atoms with E-state index in [4.69, 9.17) is 9.47 Å². The minimum atomic E-state index is -0.475. The molecule has 1 heterocycles. The highest BCUT2D eigenvalue weighted by Gasteiger charge is 2.33. The summed E-state index contributed by atoms with van der Waals surface area (Å²) in [6.45, 7) is 7.91. The van der Waals surface area contributed by atoms with Crippen LogP contribution in [0, 0.1) is 0 Å². The maximum atomic E-state index is 11.7. The Balaban J connectivity index is 2.10. The fourth-order valence-corrected chi connectivity index (χ4v) is 1.68. The van der Waals surface area contributed by atoms with Crippen molar-refractivity contribution in [2.24, 2.45) is 0 Å². The third-order valence-electron chi connectivity index (χ3n) is 2.71. The van der Waals surface area contributed by atoms with Crippen LogP contribution in [0.2, 0.25) is 0 Å². The van der Waals surface area contributed by atoms with Gasteiger partial charge in [-0.25, -0.2) is 4.79 Å². The second kappa shape index (κ2) is 7.44. The summed E-state index contributed by atoms with van der Waals surface area (Å²) < 4.78 is 10.1. The van der Waals surface area contributed by atoms with Crippen molar-refractivity contribution < 1.29 is 19.1 Å². The van der Waals surface area contributed by atoms with Crippen molar-refractivity contribution in [1.82, 2.24) is 15.5 Å². The van der Waals surface area contributed by atoms with E-state index in [1.807, 2.05) is 20.8 Å². The number of nitrogens with zero attached hydrogens (tertiary/aromatic N) is 1. The molecule has 0 aliphatic carbocycles. The number of hydrogen-bond acceptors (Lipinski definition) is 5. The van der Waals surface area contributed by atoms with Crippen molar-refractivity contribution in [2.75, 3.05) is 39.9 Å². The first-order valence-electron chi connectivity index (χ1n) is 6.79. The molecular weight excluding hydrogens is 262 g/mol. The van der Waals surface area contributed by atoms with E-state index in [0.29, 0.717) is 26.2 Å². The second-order valence-electron chi connectivity index (χ2n) is 5.81. The fraction of sp³-hybridized carbons (Fsp3) is 0.846.